The van der Waals surface area contributed by atoms with Gasteiger partial charge in [0.2, 0.25) is 0 Å². The van der Waals surface area contributed by atoms with Crippen LogP contribution in [0, 0.1) is 0 Å². The van der Waals surface area contributed by atoms with Gasteiger partial charge < -0.3 is 15.6 Å². The van der Waals surface area contributed by atoms with E-state index in [2.05, 4.69) is 18.7 Å². The lowest BCUT2D eigenvalue weighted by Gasteiger charge is -2.31. The first-order valence-electron chi connectivity index (χ1n) is 7.70. The lowest BCUT2D eigenvalue weighted by Crippen LogP contribution is -2.48. The van der Waals surface area contributed by atoms with Crippen LogP contribution in [0.25, 0.3) is 0 Å². The molecule has 0 heterocycles. The number of nitrogens with zero attached hydrogens (tertiary/aromatic N) is 1. The summed E-state index contributed by atoms with van der Waals surface area (Å²) in [5.41, 5.74) is 4.84. The zero-order valence-corrected chi connectivity index (χ0v) is 13.5. The van der Waals surface area contributed by atoms with Crippen molar-refractivity contribution in [3.05, 3.63) is 0 Å². The minimum atomic E-state index is -1.08. The van der Waals surface area contributed by atoms with E-state index < -0.39 is 11.5 Å². The predicted molar refractivity (Wildman–Crippen MR) is 81.9 cm³/mol. The van der Waals surface area contributed by atoms with Gasteiger partial charge in [0.15, 0.2) is 0 Å². The minimum Gasteiger partial charge on any atom is -0.480 e. The van der Waals surface area contributed by atoms with Crippen molar-refractivity contribution in [3.63, 3.8) is 0 Å². The fraction of sp³-hybridized carbons (Fsp3) is 0.933. The van der Waals surface area contributed by atoms with Gasteiger partial charge in [-0.15, -0.1) is 0 Å². The van der Waals surface area contributed by atoms with Crippen molar-refractivity contribution in [1.82, 2.24) is 4.90 Å². The van der Waals surface area contributed by atoms with Crippen LogP contribution in [0.3, 0.4) is 0 Å². The molecule has 0 fully saturated rings. The van der Waals surface area contributed by atoms with Gasteiger partial charge in [-0.05, 0) is 38.6 Å². The van der Waals surface area contributed by atoms with Crippen molar-refractivity contribution < 1.29 is 14.6 Å². The summed E-state index contributed by atoms with van der Waals surface area (Å²) in [5, 5.41) is 9.18. The van der Waals surface area contributed by atoms with Crippen LogP contribution in [0.4, 0.5) is 0 Å². The van der Waals surface area contributed by atoms with Crippen LogP contribution in [0.1, 0.15) is 52.9 Å². The number of carbonyl (C=O) groups is 1. The van der Waals surface area contributed by atoms with E-state index in [1.54, 1.807) is 7.11 Å². The van der Waals surface area contributed by atoms with Gasteiger partial charge in [0.25, 0.3) is 0 Å². The Hall–Kier alpha value is -0.650. The van der Waals surface area contributed by atoms with Gasteiger partial charge in [-0.2, -0.15) is 0 Å². The number of methoxy groups -OCH3 is 1. The molecule has 3 N–H and O–H groups in total. The van der Waals surface area contributed by atoms with Crippen LogP contribution in [0.2, 0.25) is 0 Å². The molecular weight excluding hydrogens is 256 g/mol. The minimum absolute atomic E-state index is 0.464. The number of hydrogen-bond acceptors (Lipinski definition) is 4. The van der Waals surface area contributed by atoms with E-state index in [-0.39, 0.29) is 0 Å². The Morgan fingerprint density at radius 3 is 2.30 bits per heavy atom. The van der Waals surface area contributed by atoms with Crippen LogP contribution in [-0.2, 0) is 9.53 Å². The van der Waals surface area contributed by atoms with E-state index in [0.717, 1.165) is 32.4 Å². The Balaban J connectivity index is 4.41. The molecule has 120 valence electrons. The van der Waals surface area contributed by atoms with Crippen molar-refractivity contribution in [2.24, 2.45) is 5.73 Å². The molecule has 0 saturated carbocycles. The molecule has 0 aromatic heterocycles. The average molecular weight is 288 g/mol. The lowest BCUT2D eigenvalue weighted by molar-refractivity contribution is -0.143. The monoisotopic (exact) mass is 288 g/mol. The molecule has 0 radical (unpaired) electrons. The highest BCUT2D eigenvalue weighted by Gasteiger charge is 2.31. The molecule has 0 aliphatic carbocycles. The van der Waals surface area contributed by atoms with Gasteiger partial charge in [0.1, 0.15) is 5.54 Å². The number of ether oxygens (including phenoxy) is 1. The van der Waals surface area contributed by atoms with Crippen LogP contribution < -0.4 is 5.73 Å². The molecular formula is C15H32N2O3. The fourth-order valence-electron chi connectivity index (χ4n) is 2.52. The summed E-state index contributed by atoms with van der Waals surface area (Å²) < 4.78 is 5.16. The van der Waals surface area contributed by atoms with Gasteiger partial charge in [-0.3, -0.25) is 9.69 Å². The molecule has 0 amide bonds. The topological polar surface area (TPSA) is 75.8 Å². The van der Waals surface area contributed by atoms with Crippen molar-refractivity contribution in [2.45, 2.75) is 64.5 Å². The number of nitrogens with two attached hydrogens (primary N) is 1. The van der Waals surface area contributed by atoms with E-state index in [9.17, 15) is 9.90 Å². The Morgan fingerprint density at radius 2 is 1.90 bits per heavy atom. The Kier molecular flexibility index (Phi) is 9.80. The number of carboxylic acid groups (broad SMARTS) is 1. The Morgan fingerprint density at radius 1 is 1.30 bits per heavy atom. The Bertz CT molecular complexity index is 270. The summed E-state index contributed by atoms with van der Waals surface area (Å²) in [5.74, 6) is -0.897. The van der Waals surface area contributed by atoms with Crippen LogP contribution in [0.15, 0.2) is 0 Å². The maximum absolute atomic E-state index is 11.2. The van der Waals surface area contributed by atoms with E-state index in [0.29, 0.717) is 25.5 Å². The first kappa shape index (κ1) is 19.4. The average Bonchev–Trinajstić information content (AvgIpc) is 2.44. The van der Waals surface area contributed by atoms with Gasteiger partial charge in [-0.1, -0.05) is 20.8 Å². The van der Waals surface area contributed by atoms with Crippen molar-refractivity contribution in [2.75, 3.05) is 26.8 Å². The molecule has 1 unspecified atom stereocenters. The van der Waals surface area contributed by atoms with Gasteiger partial charge in [-0.25, -0.2) is 0 Å². The summed E-state index contributed by atoms with van der Waals surface area (Å²) in [6.07, 6.45) is 3.98. The second kappa shape index (κ2) is 10.1. The molecule has 5 nitrogen and oxygen atoms in total. The second-order valence-corrected chi connectivity index (χ2v) is 5.42. The van der Waals surface area contributed by atoms with Gasteiger partial charge in [0, 0.05) is 19.7 Å². The van der Waals surface area contributed by atoms with Crippen LogP contribution in [-0.4, -0.2) is 54.4 Å². The van der Waals surface area contributed by atoms with Crippen LogP contribution >= 0.6 is 0 Å². The number of rotatable bonds is 12. The standard InChI is InChI=1S/C15H32N2O3/c1-5-13(6-2)17(11-12-20-4)10-8-9-15(16,7-3)14(18)19/h13H,5-12,16H2,1-4H3,(H,18,19). The molecule has 20 heavy (non-hydrogen) atoms. The van der Waals surface area contributed by atoms with Crippen molar-refractivity contribution in [3.8, 4) is 0 Å². The first-order chi connectivity index (χ1) is 9.45. The normalized spacial score (nSPS) is 14.8. The zero-order chi connectivity index (χ0) is 15.6. The third kappa shape index (κ3) is 6.20. The smallest absolute Gasteiger partial charge is 0.323 e. The SMILES string of the molecule is CCC(CC)N(CCCC(N)(CC)C(=O)O)CCOC. The molecule has 0 saturated heterocycles. The summed E-state index contributed by atoms with van der Waals surface area (Å²) in [7, 11) is 1.71. The summed E-state index contributed by atoms with van der Waals surface area (Å²) in [6.45, 7) is 8.67. The molecule has 0 aliphatic rings. The molecule has 0 spiro atoms. The quantitative estimate of drug-likeness (QED) is 0.575. The van der Waals surface area contributed by atoms with E-state index in [1.807, 2.05) is 6.92 Å². The van der Waals surface area contributed by atoms with E-state index in [1.165, 1.54) is 0 Å². The van der Waals surface area contributed by atoms with Crippen molar-refractivity contribution in [1.29, 1.82) is 0 Å². The summed E-state index contributed by atoms with van der Waals surface area (Å²) >= 11 is 0. The number of carboxylic acids is 1. The molecule has 0 bridgehead atoms. The maximum Gasteiger partial charge on any atom is 0.323 e. The largest absolute Gasteiger partial charge is 0.480 e. The van der Waals surface area contributed by atoms with Crippen molar-refractivity contribution >= 4 is 5.97 Å². The highest BCUT2D eigenvalue weighted by Crippen LogP contribution is 2.17. The summed E-state index contributed by atoms with van der Waals surface area (Å²) in [4.78, 5) is 13.6. The lowest BCUT2D eigenvalue weighted by atomic mass is 9.91. The Labute approximate surface area is 123 Å². The van der Waals surface area contributed by atoms with E-state index >= 15 is 0 Å². The summed E-state index contributed by atoms with van der Waals surface area (Å²) in [6, 6.07) is 0.531. The first-order valence-corrected chi connectivity index (χ1v) is 7.70. The molecule has 1 atom stereocenters. The van der Waals surface area contributed by atoms with Gasteiger partial charge in [0.05, 0.1) is 6.61 Å². The zero-order valence-electron chi connectivity index (χ0n) is 13.5. The molecule has 0 aromatic carbocycles. The number of hydrogen-bond donors (Lipinski definition) is 2. The highest BCUT2D eigenvalue weighted by atomic mass is 16.5. The second-order valence-electron chi connectivity index (χ2n) is 5.42. The molecule has 0 aromatic rings. The fourth-order valence-corrected chi connectivity index (χ4v) is 2.52. The van der Waals surface area contributed by atoms with Crippen LogP contribution in [0.5, 0.6) is 0 Å². The van der Waals surface area contributed by atoms with Gasteiger partial charge >= 0.3 is 5.97 Å². The maximum atomic E-state index is 11.2. The third-order valence-electron chi connectivity index (χ3n) is 4.17. The number of aliphatic carboxylic acids is 1. The molecule has 0 rings (SSSR count). The van der Waals surface area contributed by atoms with E-state index in [4.69, 9.17) is 10.5 Å². The molecule has 5 heteroatoms. The third-order valence-corrected chi connectivity index (χ3v) is 4.17. The predicted octanol–water partition coefficient (Wildman–Crippen LogP) is 2.10. The molecule has 0 aliphatic heterocycles. The highest BCUT2D eigenvalue weighted by molar-refractivity contribution is 5.78.